The van der Waals surface area contributed by atoms with E-state index in [9.17, 15) is 0 Å². The van der Waals surface area contributed by atoms with Crippen molar-refractivity contribution in [2.24, 2.45) is 0 Å². The van der Waals surface area contributed by atoms with Crippen LogP contribution in [0.15, 0.2) is 0 Å². The molecule has 0 aliphatic rings. The molecule has 0 spiro atoms. The average molecular weight is 228 g/mol. The Morgan fingerprint density at radius 2 is 1.00 bits per heavy atom. The SMILES string of the molecule is CCCCCCCCC[N+](CC)(CC)CC. The van der Waals surface area contributed by atoms with E-state index < -0.39 is 0 Å². The van der Waals surface area contributed by atoms with Gasteiger partial charge < -0.3 is 4.48 Å². The summed E-state index contributed by atoms with van der Waals surface area (Å²) in [6, 6.07) is 0. The molecule has 0 N–H and O–H groups in total. The number of hydrogen-bond acceptors (Lipinski definition) is 0. The van der Waals surface area contributed by atoms with Crippen LogP contribution in [0.3, 0.4) is 0 Å². The molecule has 0 aliphatic heterocycles. The number of rotatable bonds is 11. The maximum absolute atomic E-state index is 2.34. The molecular weight excluding hydrogens is 194 g/mol. The Morgan fingerprint density at radius 1 is 0.562 bits per heavy atom. The van der Waals surface area contributed by atoms with Crippen molar-refractivity contribution in [2.75, 3.05) is 26.2 Å². The molecule has 1 heteroatoms. The third-order valence-corrected chi connectivity index (χ3v) is 4.25. The van der Waals surface area contributed by atoms with Crippen LogP contribution in [-0.2, 0) is 0 Å². The Bertz CT molecular complexity index is 130. The lowest BCUT2D eigenvalue weighted by Crippen LogP contribution is -2.48. The smallest absolute Gasteiger partial charge is 0.0786 e. The van der Waals surface area contributed by atoms with Crippen molar-refractivity contribution in [3.05, 3.63) is 0 Å². The van der Waals surface area contributed by atoms with Crippen LogP contribution in [-0.4, -0.2) is 30.7 Å². The summed E-state index contributed by atoms with van der Waals surface area (Å²) in [6.45, 7) is 14.6. The minimum atomic E-state index is 1.31. The summed E-state index contributed by atoms with van der Waals surface area (Å²) in [5.41, 5.74) is 0. The molecule has 0 atom stereocenters. The summed E-state index contributed by atoms with van der Waals surface area (Å²) in [6.07, 6.45) is 10.0. The average Bonchev–Trinajstić information content (AvgIpc) is 2.34. The molecule has 0 aromatic rings. The molecule has 0 saturated carbocycles. The highest BCUT2D eigenvalue weighted by Crippen LogP contribution is 2.12. The molecule has 0 bridgehead atoms. The molecule has 98 valence electrons. The van der Waals surface area contributed by atoms with Gasteiger partial charge in [0.2, 0.25) is 0 Å². The second-order valence-electron chi connectivity index (χ2n) is 5.14. The molecule has 0 aromatic heterocycles. The van der Waals surface area contributed by atoms with Crippen LogP contribution in [0, 0.1) is 0 Å². The third kappa shape index (κ3) is 6.52. The van der Waals surface area contributed by atoms with Gasteiger partial charge in [0.05, 0.1) is 26.2 Å². The molecule has 0 rings (SSSR count). The number of unbranched alkanes of at least 4 members (excludes halogenated alkanes) is 6. The van der Waals surface area contributed by atoms with Crippen molar-refractivity contribution in [1.29, 1.82) is 0 Å². The third-order valence-electron chi connectivity index (χ3n) is 4.25. The van der Waals surface area contributed by atoms with E-state index in [1.807, 2.05) is 0 Å². The summed E-state index contributed by atoms with van der Waals surface area (Å²) in [7, 11) is 0. The van der Waals surface area contributed by atoms with E-state index in [0.717, 1.165) is 0 Å². The highest BCUT2D eigenvalue weighted by atomic mass is 15.3. The quantitative estimate of drug-likeness (QED) is 0.358. The zero-order valence-corrected chi connectivity index (χ0v) is 12.2. The number of hydrogen-bond donors (Lipinski definition) is 0. The Hall–Kier alpha value is -0.0400. The van der Waals surface area contributed by atoms with Gasteiger partial charge in [-0.3, -0.25) is 0 Å². The van der Waals surface area contributed by atoms with Gasteiger partial charge in [-0.15, -0.1) is 0 Å². The van der Waals surface area contributed by atoms with Crippen LogP contribution in [0.4, 0.5) is 0 Å². The van der Waals surface area contributed by atoms with Gasteiger partial charge in [-0.1, -0.05) is 39.0 Å². The van der Waals surface area contributed by atoms with Crippen LogP contribution < -0.4 is 0 Å². The molecule has 0 amide bonds. The summed E-state index contributed by atoms with van der Waals surface area (Å²) in [4.78, 5) is 0. The maximum atomic E-state index is 2.34. The molecule has 16 heavy (non-hydrogen) atoms. The van der Waals surface area contributed by atoms with Crippen molar-refractivity contribution in [1.82, 2.24) is 0 Å². The van der Waals surface area contributed by atoms with Gasteiger partial charge in [0.25, 0.3) is 0 Å². The Kier molecular flexibility index (Phi) is 10.1. The van der Waals surface area contributed by atoms with Gasteiger partial charge in [0, 0.05) is 0 Å². The summed E-state index contributed by atoms with van der Waals surface area (Å²) >= 11 is 0. The summed E-state index contributed by atoms with van der Waals surface area (Å²) in [5.74, 6) is 0. The first-order valence-corrected chi connectivity index (χ1v) is 7.59. The van der Waals surface area contributed by atoms with Crippen LogP contribution in [0.25, 0.3) is 0 Å². The lowest BCUT2D eigenvalue weighted by Gasteiger charge is -2.35. The zero-order valence-electron chi connectivity index (χ0n) is 12.2. The molecule has 0 radical (unpaired) electrons. The van der Waals surface area contributed by atoms with Crippen molar-refractivity contribution in [2.45, 2.75) is 72.6 Å². The van der Waals surface area contributed by atoms with Crippen molar-refractivity contribution in [3.8, 4) is 0 Å². The Morgan fingerprint density at radius 3 is 1.44 bits per heavy atom. The standard InChI is InChI=1S/C15H34N/c1-5-9-10-11-12-13-14-15-16(6-2,7-3)8-4/h5-15H2,1-4H3/q+1. The topological polar surface area (TPSA) is 0 Å². The van der Waals surface area contributed by atoms with Gasteiger partial charge in [-0.25, -0.2) is 0 Å². The van der Waals surface area contributed by atoms with E-state index >= 15 is 0 Å². The van der Waals surface area contributed by atoms with Crippen LogP contribution in [0.5, 0.6) is 0 Å². The van der Waals surface area contributed by atoms with E-state index in [1.165, 1.54) is 75.6 Å². The largest absolute Gasteiger partial charge is 0.324 e. The molecule has 0 aromatic carbocycles. The number of quaternary nitrogens is 1. The first kappa shape index (κ1) is 16.0. The van der Waals surface area contributed by atoms with E-state index in [2.05, 4.69) is 27.7 Å². The molecule has 0 fully saturated rings. The maximum Gasteiger partial charge on any atom is 0.0786 e. The van der Waals surface area contributed by atoms with Gasteiger partial charge in [-0.05, 0) is 33.6 Å². The van der Waals surface area contributed by atoms with Crippen LogP contribution >= 0.6 is 0 Å². The lowest BCUT2D eigenvalue weighted by molar-refractivity contribution is -0.923. The first-order valence-electron chi connectivity index (χ1n) is 7.59. The first-order chi connectivity index (χ1) is 7.74. The van der Waals surface area contributed by atoms with Gasteiger partial charge >= 0.3 is 0 Å². The Balaban J connectivity index is 3.48. The molecule has 0 saturated heterocycles. The highest BCUT2D eigenvalue weighted by Gasteiger charge is 2.19. The second kappa shape index (κ2) is 10.1. The van der Waals surface area contributed by atoms with Gasteiger partial charge in [-0.2, -0.15) is 0 Å². The zero-order chi connectivity index (χ0) is 12.3. The van der Waals surface area contributed by atoms with Gasteiger partial charge in [0.1, 0.15) is 0 Å². The van der Waals surface area contributed by atoms with Gasteiger partial charge in [0.15, 0.2) is 0 Å². The van der Waals surface area contributed by atoms with E-state index in [1.54, 1.807) is 0 Å². The minimum Gasteiger partial charge on any atom is -0.324 e. The summed E-state index contributed by atoms with van der Waals surface area (Å²) < 4.78 is 1.33. The highest BCUT2D eigenvalue weighted by molar-refractivity contribution is 4.46. The molecule has 0 heterocycles. The van der Waals surface area contributed by atoms with E-state index in [-0.39, 0.29) is 0 Å². The molecule has 0 aliphatic carbocycles. The fraction of sp³-hybridized carbons (Fsp3) is 1.00. The minimum absolute atomic E-state index is 1.31. The van der Waals surface area contributed by atoms with E-state index in [4.69, 9.17) is 0 Å². The van der Waals surface area contributed by atoms with Crippen molar-refractivity contribution >= 4 is 0 Å². The molecule has 0 unspecified atom stereocenters. The van der Waals surface area contributed by atoms with E-state index in [0.29, 0.717) is 0 Å². The Labute approximate surface area is 104 Å². The molecular formula is C15H34N+. The van der Waals surface area contributed by atoms with Crippen LogP contribution in [0.2, 0.25) is 0 Å². The molecule has 1 nitrogen and oxygen atoms in total. The predicted molar refractivity (Wildman–Crippen MR) is 74.7 cm³/mol. The monoisotopic (exact) mass is 228 g/mol. The normalized spacial score (nSPS) is 12.0. The van der Waals surface area contributed by atoms with Crippen molar-refractivity contribution in [3.63, 3.8) is 0 Å². The van der Waals surface area contributed by atoms with Crippen LogP contribution in [0.1, 0.15) is 72.6 Å². The fourth-order valence-corrected chi connectivity index (χ4v) is 2.55. The number of nitrogens with zero attached hydrogens (tertiary/aromatic N) is 1. The summed E-state index contributed by atoms with van der Waals surface area (Å²) in [5, 5.41) is 0. The van der Waals surface area contributed by atoms with Crippen molar-refractivity contribution < 1.29 is 4.48 Å². The second-order valence-corrected chi connectivity index (χ2v) is 5.14. The predicted octanol–water partition coefficient (Wildman–Crippen LogP) is 4.61. The fourth-order valence-electron chi connectivity index (χ4n) is 2.55. The lowest BCUT2D eigenvalue weighted by atomic mass is 10.1.